The van der Waals surface area contributed by atoms with Gasteiger partial charge in [0.05, 0.1) is 11.6 Å². The largest absolute Gasteiger partial charge is 0.425 e. The number of nitrogens with one attached hydrogen (secondary N) is 2. The molecule has 1 heterocycles. The molecule has 4 nitrogen and oxygen atoms in total. The van der Waals surface area contributed by atoms with Crippen LogP contribution in [0.5, 0.6) is 0 Å². The second-order valence-corrected chi connectivity index (χ2v) is 3.44. The topological polar surface area (TPSA) is 64.9 Å². The fraction of sp³-hybridized carbons (Fsp3) is 0.500. The zero-order valence-electron chi connectivity index (χ0n) is 8.62. The minimum atomic E-state index is -5.89. The third kappa shape index (κ3) is 1.75. The van der Waals surface area contributed by atoms with Crippen molar-refractivity contribution in [1.82, 2.24) is 10.6 Å². The lowest BCUT2D eigenvalue weighted by Crippen LogP contribution is -2.72. The molecule has 0 aromatic heterocycles. The van der Waals surface area contributed by atoms with Crippen molar-refractivity contribution in [3.63, 3.8) is 0 Å². The lowest BCUT2D eigenvalue weighted by atomic mass is 9.86. The highest BCUT2D eigenvalue weighted by Gasteiger charge is 2.75. The Labute approximate surface area is 96.2 Å². The Bertz CT molecular complexity index is 441. The summed E-state index contributed by atoms with van der Waals surface area (Å²) in [6.45, 7) is 0.781. The van der Waals surface area contributed by atoms with Crippen LogP contribution >= 0.6 is 0 Å². The second-order valence-electron chi connectivity index (χ2n) is 3.44. The van der Waals surface area contributed by atoms with E-state index < -0.39 is 35.2 Å². The number of allylic oxidation sites excluding steroid dienone is 1. The van der Waals surface area contributed by atoms with E-state index in [-0.39, 0.29) is 0 Å². The van der Waals surface area contributed by atoms with E-state index in [1.807, 2.05) is 0 Å². The molecule has 0 aromatic carbocycles. The van der Waals surface area contributed by atoms with Crippen molar-refractivity contribution in [2.24, 2.45) is 0 Å². The fourth-order valence-electron chi connectivity index (χ4n) is 1.53. The van der Waals surface area contributed by atoms with Crippen LogP contribution in [0.15, 0.2) is 11.3 Å². The van der Waals surface area contributed by atoms with Crippen molar-refractivity contribution in [1.29, 1.82) is 5.26 Å². The van der Waals surface area contributed by atoms with Gasteiger partial charge in [-0.2, -0.15) is 31.6 Å². The van der Waals surface area contributed by atoms with Gasteiger partial charge in [0, 0.05) is 5.70 Å². The normalized spacial score (nSPS) is 20.0. The van der Waals surface area contributed by atoms with Gasteiger partial charge in [-0.15, -0.1) is 0 Å². The smallest absolute Gasteiger partial charge is 0.312 e. The molecule has 1 aliphatic heterocycles. The summed E-state index contributed by atoms with van der Waals surface area (Å²) in [5, 5.41) is 11.0. The molecule has 100 valence electrons. The molecule has 0 spiro atoms. The Balaban J connectivity index is 3.67. The summed E-state index contributed by atoms with van der Waals surface area (Å²) in [7, 11) is 0. The maximum atomic E-state index is 12.7. The molecule has 2 amide bonds. The number of halogens is 6. The molecule has 0 aromatic rings. The van der Waals surface area contributed by atoms with Crippen molar-refractivity contribution in [3.8, 4) is 6.07 Å². The van der Waals surface area contributed by atoms with Gasteiger partial charge in [0.25, 0.3) is 5.54 Å². The van der Waals surface area contributed by atoms with Gasteiger partial charge in [-0.3, -0.25) is 0 Å². The molecule has 10 heteroatoms. The van der Waals surface area contributed by atoms with E-state index in [0.29, 0.717) is 0 Å². The van der Waals surface area contributed by atoms with Gasteiger partial charge in [-0.1, -0.05) is 0 Å². The molecular formula is C8H5F6N3O. The van der Waals surface area contributed by atoms with E-state index in [2.05, 4.69) is 0 Å². The van der Waals surface area contributed by atoms with E-state index in [1.54, 1.807) is 5.32 Å². The van der Waals surface area contributed by atoms with Gasteiger partial charge in [0.15, 0.2) is 0 Å². The number of urea groups is 1. The molecule has 0 radical (unpaired) electrons. The second kappa shape index (κ2) is 3.79. The van der Waals surface area contributed by atoms with Crippen LogP contribution in [-0.2, 0) is 0 Å². The summed E-state index contributed by atoms with van der Waals surface area (Å²) in [5.41, 5.74) is -7.11. The molecule has 1 aliphatic rings. The first kappa shape index (κ1) is 14.1. The first-order chi connectivity index (χ1) is 7.97. The highest BCUT2D eigenvalue weighted by Crippen LogP contribution is 2.48. The summed E-state index contributed by atoms with van der Waals surface area (Å²) in [4.78, 5) is 10.9. The van der Waals surface area contributed by atoms with Crippen molar-refractivity contribution >= 4 is 6.03 Å². The minimum Gasteiger partial charge on any atom is -0.312 e. The van der Waals surface area contributed by atoms with Gasteiger partial charge in [0.2, 0.25) is 0 Å². The van der Waals surface area contributed by atoms with Crippen molar-refractivity contribution in [2.45, 2.75) is 24.8 Å². The monoisotopic (exact) mass is 273 g/mol. The standard InChI is InChI=1S/C8H5F6N3O/c1-3-4(2-15)6(7(9,10)11,8(12,13)14)17-5(18)16-3/h1H3,(H2,16,17,18). The molecular weight excluding hydrogens is 268 g/mol. The Kier molecular flexibility index (Phi) is 2.98. The van der Waals surface area contributed by atoms with Crippen LogP contribution in [0.1, 0.15) is 6.92 Å². The van der Waals surface area contributed by atoms with Crippen molar-refractivity contribution in [2.75, 3.05) is 0 Å². The number of amides is 2. The number of nitriles is 1. The maximum absolute atomic E-state index is 12.7. The highest BCUT2D eigenvalue weighted by molar-refractivity contribution is 5.81. The maximum Gasteiger partial charge on any atom is 0.425 e. The predicted molar refractivity (Wildman–Crippen MR) is 44.8 cm³/mol. The molecule has 0 aliphatic carbocycles. The molecule has 0 fully saturated rings. The zero-order chi connectivity index (χ0) is 14.4. The third-order valence-electron chi connectivity index (χ3n) is 2.31. The number of hydrogen-bond donors (Lipinski definition) is 2. The van der Waals surface area contributed by atoms with Crippen LogP contribution in [0.4, 0.5) is 31.1 Å². The number of hydrogen-bond acceptors (Lipinski definition) is 2. The number of carbonyl (C=O) groups excluding carboxylic acids is 1. The number of nitrogens with zero attached hydrogens (tertiary/aromatic N) is 1. The van der Waals surface area contributed by atoms with Gasteiger partial charge in [-0.05, 0) is 6.92 Å². The first-order valence-electron chi connectivity index (χ1n) is 4.31. The van der Waals surface area contributed by atoms with Gasteiger partial charge in [-0.25, -0.2) is 4.79 Å². The van der Waals surface area contributed by atoms with Crippen LogP contribution < -0.4 is 10.6 Å². The van der Waals surface area contributed by atoms with Gasteiger partial charge < -0.3 is 10.6 Å². The summed E-state index contributed by atoms with van der Waals surface area (Å²) in [6, 6.07) is -0.839. The van der Waals surface area contributed by atoms with E-state index in [4.69, 9.17) is 5.26 Å². The third-order valence-corrected chi connectivity index (χ3v) is 2.31. The molecule has 18 heavy (non-hydrogen) atoms. The lowest BCUT2D eigenvalue weighted by Gasteiger charge is -2.40. The lowest BCUT2D eigenvalue weighted by molar-refractivity contribution is -0.290. The zero-order valence-corrected chi connectivity index (χ0v) is 8.62. The van der Waals surface area contributed by atoms with E-state index in [1.165, 1.54) is 0 Å². The summed E-state index contributed by atoms with van der Waals surface area (Å²) >= 11 is 0. The van der Waals surface area contributed by atoms with Crippen molar-refractivity contribution in [3.05, 3.63) is 11.3 Å². The SMILES string of the molecule is CC1=C(C#N)C(C(F)(F)F)(C(F)(F)F)NC(=O)N1. The Morgan fingerprint density at radius 3 is 1.94 bits per heavy atom. The number of alkyl halides is 6. The van der Waals surface area contributed by atoms with Crippen LogP contribution in [0.2, 0.25) is 0 Å². The van der Waals surface area contributed by atoms with E-state index in [9.17, 15) is 31.1 Å². The Hall–Kier alpha value is -1.92. The van der Waals surface area contributed by atoms with Gasteiger partial charge in [0.1, 0.15) is 0 Å². The quantitative estimate of drug-likeness (QED) is 0.662. The number of carbonyl (C=O) groups is 1. The van der Waals surface area contributed by atoms with Crippen LogP contribution in [0, 0.1) is 11.3 Å². The molecule has 0 unspecified atom stereocenters. The van der Waals surface area contributed by atoms with Crippen molar-refractivity contribution < 1.29 is 31.1 Å². The molecule has 1 rings (SSSR count). The van der Waals surface area contributed by atoms with Crippen LogP contribution in [0.25, 0.3) is 0 Å². The summed E-state index contributed by atoms with van der Waals surface area (Å²) in [5.74, 6) is 0. The summed E-state index contributed by atoms with van der Waals surface area (Å²) < 4.78 is 76.4. The van der Waals surface area contributed by atoms with E-state index >= 15 is 0 Å². The molecule has 0 bridgehead atoms. The summed E-state index contributed by atoms with van der Waals surface area (Å²) in [6.07, 6.45) is -11.8. The van der Waals surface area contributed by atoms with E-state index in [0.717, 1.165) is 18.3 Å². The average molecular weight is 273 g/mol. The molecule has 0 saturated heterocycles. The van der Waals surface area contributed by atoms with Crippen LogP contribution in [-0.4, -0.2) is 23.9 Å². The Morgan fingerprint density at radius 1 is 1.17 bits per heavy atom. The fourth-order valence-corrected chi connectivity index (χ4v) is 1.53. The molecule has 2 N–H and O–H groups in total. The number of rotatable bonds is 0. The first-order valence-corrected chi connectivity index (χ1v) is 4.31. The molecule has 0 atom stereocenters. The average Bonchev–Trinajstić information content (AvgIpc) is 2.12. The molecule has 0 saturated carbocycles. The van der Waals surface area contributed by atoms with Crippen LogP contribution in [0.3, 0.4) is 0 Å². The van der Waals surface area contributed by atoms with Gasteiger partial charge >= 0.3 is 18.4 Å². The Morgan fingerprint density at radius 2 is 1.61 bits per heavy atom. The highest BCUT2D eigenvalue weighted by atomic mass is 19.4. The minimum absolute atomic E-state index is 0.761. The predicted octanol–water partition coefficient (Wildman–Crippen LogP) is 1.96.